The summed E-state index contributed by atoms with van der Waals surface area (Å²) in [6.45, 7) is 3.75. The fraction of sp³-hybridized carbons (Fsp3) is 0.200. The molecular weight excluding hydrogens is 300 g/mol. The van der Waals surface area contributed by atoms with Gasteiger partial charge in [0.1, 0.15) is 0 Å². The maximum Gasteiger partial charge on any atom is 0.192 e. The summed E-state index contributed by atoms with van der Waals surface area (Å²) in [5, 5.41) is 16.0. The second-order valence-electron chi connectivity index (χ2n) is 3.61. The molecule has 0 aliphatic rings. The first kappa shape index (κ1) is 12.5. The highest BCUT2D eigenvalue weighted by Crippen LogP contribution is 2.22. The maximum absolute atomic E-state index is 8.74. The first-order valence-corrected chi connectivity index (χ1v) is 5.86. The van der Waals surface area contributed by atoms with Gasteiger partial charge in [-0.1, -0.05) is 5.16 Å². The van der Waals surface area contributed by atoms with Crippen LogP contribution in [0.4, 0.5) is 0 Å². The van der Waals surface area contributed by atoms with Crippen LogP contribution in [0.2, 0.25) is 0 Å². The van der Waals surface area contributed by atoms with Crippen LogP contribution < -0.4 is 5.73 Å². The standard InChI is InChI=1S/C10H11BrN6O/c1-5-7(11)6(2)17(15-5)10-8(9(12)16-18)13-3-4-14-10/h3-4,18H,1-2H3,(H2,12,16). The number of amidine groups is 1. The summed E-state index contributed by atoms with van der Waals surface area (Å²) in [5.74, 6) is 0.306. The zero-order valence-electron chi connectivity index (χ0n) is 9.79. The van der Waals surface area contributed by atoms with Gasteiger partial charge in [-0.15, -0.1) is 0 Å². The molecule has 7 nitrogen and oxygen atoms in total. The minimum absolute atomic E-state index is 0.109. The van der Waals surface area contributed by atoms with Gasteiger partial charge in [0.05, 0.1) is 15.9 Å². The summed E-state index contributed by atoms with van der Waals surface area (Å²) in [4.78, 5) is 8.23. The van der Waals surface area contributed by atoms with E-state index in [1.807, 2.05) is 13.8 Å². The minimum Gasteiger partial charge on any atom is -0.409 e. The third kappa shape index (κ3) is 1.94. The summed E-state index contributed by atoms with van der Waals surface area (Å²) in [6, 6.07) is 0. The molecule has 0 saturated carbocycles. The fourth-order valence-corrected chi connectivity index (χ4v) is 1.79. The number of nitrogens with zero attached hydrogens (tertiary/aromatic N) is 5. The molecule has 0 bridgehead atoms. The lowest BCUT2D eigenvalue weighted by molar-refractivity contribution is 0.318. The second-order valence-corrected chi connectivity index (χ2v) is 4.40. The number of hydrogen-bond donors (Lipinski definition) is 2. The van der Waals surface area contributed by atoms with Crippen molar-refractivity contribution in [1.82, 2.24) is 19.7 Å². The molecule has 3 N–H and O–H groups in total. The molecule has 0 aliphatic carbocycles. The van der Waals surface area contributed by atoms with Gasteiger partial charge in [0.2, 0.25) is 0 Å². The molecule has 0 radical (unpaired) electrons. The van der Waals surface area contributed by atoms with Crippen molar-refractivity contribution >= 4 is 21.8 Å². The molecule has 94 valence electrons. The van der Waals surface area contributed by atoms with Gasteiger partial charge in [0, 0.05) is 12.4 Å². The smallest absolute Gasteiger partial charge is 0.192 e. The predicted octanol–water partition coefficient (Wildman–Crippen LogP) is 1.14. The average Bonchev–Trinajstić information content (AvgIpc) is 2.65. The highest BCUT2D eigenvalue weighted by atomic mass is 79.9. The largest absolute Gasteiger partial charge is 0.409 e. The van der Waals surface area contributed by atoms with Gasteiger partial charge in [-0.05, 0) is 29.8 Å². The van der Waals surface area contributed by atoms with E-state index in [-0.39, 0.29) is 11.5 Å². The lowest BCUT2D eigenvalue weighted by Gasteiger charge is -2.07. The summed E-state index contributed by atoms with van der Waals surface area (Å²) in [6.07, 6.45) is 2.99. The van der Waals surface area contributed by atoms with Crippen molar-refractivity contribution in [2.75, 3.05) is 0 Å². The van der Waals surface area contributed by atoms with E-state index in [0.717, 1.165) is 15.9 Å². The summed E-state index contributed by atoms with van der Waals surface area (Å²) < 4.78 is 2.48. The molecule has 0 saturated heterocycles. The number of nitrogens with two attached hydrogens (primary N) is 1. The van der Waals surface area contributed by atoms with Crippen molar-refractivity contribution < 1.29 is 5.21 Å². The van der Waals surface area contributed by atoms with E-state index < -0.39 is 0 Å². The van der Waals surface area contributed by atoms with Crippen LogP contribution in [-0.2, 0) is 0 Å². The number of halogens is 1. The topological polar surface area (TPSA) is 102 Å². The highest BCUT2D eigenvalue weighted by Gasteiger charge is 2.17. The lowest BCUT2D eigenvalue weighted by atomic mass is 10.3. The van der Waals surface area contributed by atoms with Gasteiger partial charge in [-0.25, -0.2) is 14.6 Å². The third-order valence-corrected chi connectivity index (χ3v) is 3.58. The van der Waals surface area contributed by atoms with Gasteiger partial charge in [0.25, 0.3) is 0 Å². The molecule has 0 aliphatic heterocycles. The molecule has 0 aromatic carbocycles. The molecule has 0 amide bonds. The fourth-order valence-electron chi connectivity index (χ4n) is 1.54. The summed E-state index contributed by atoms with van der Waals surface area (Å²) in [5.41, 5.74) is 7.53. The molecule has 8 heteroatoms. The van der Waals surface area contributed by atoms with Crippen LogP contribution in [0.15, 0.2) is 22.0 Å². The van der Waals surface area contributed by atoms with Crippen LogP contribution >= 0.6 is 15.9 Å². The van der Waals surface area contributed by atoms with Crippen molar-refractivity contribution in [2.45, 2.75) is 13.8 Å². The Labute approximate surface area is 111 Å². The van der Waals surface area contributed by atoms with E-state index in [0.29, 0.717) is 5.82 Å². The molecule has 2 rings (SSSR count). The number of aryl methyl sites for hydroxylation is 1. The number of aromatic nitrogens is 4. The van der Waals surface area contributed by atoms with Crippen LogP contribution in [0.25, 0.3) is 5.82 Å². The van der Waals surface area contributed by atoms with E-state index >= 15 is 0 Å². The molecule has 0 fully saturated rings. The van der Waals surface area contributed by atoms with E-state index in [4.69, 9.17) is 10.9 Å². The Morgan fingerprint density at radius 1 is 1.39 bits per heavy atom. The quantitative estimate of drug-likeness (QED) is 0.375. The zero-order valence-corrected chi connectivity index (χ0v) is 11.4. The molecule has 0 spiro atoms. The van der Waals surface area contributed by atoms with Crippen LogP contribution in [0.5, 0.6) is 0 Å². The Morgan fingerprint density at radius 2 is 2.06 bits per heavy atom. The Kier molecular flexibility index (Phi) is 3.28. The minimum atomic E-state index is -0.109. The Bertz CT molecular complexity index is 621. The van der Waals surface area contributed by atoms with E-state index in [1.165, 1.54) is 12.4 Å². The van der Waals surface area contributed by atoms with Crippen LogP contribution in [0, 0.1) is 13.8 Å². The molecule has 0 unspecified atom stereocenters. The van der Waals surface area contributed by atoms with Gasteiger partial charge < -0.3 is 10.9 Å². The van der Waals surface area contributed by atoms with Gasteiger partial charge in [-0.3, -0.25) is 0 Å². The summed E-state index contributed by atoms with van der Waals surface area (Å²) >= 11 is 3.43. The SMILES string of the molecule is Cc1nn(-c2nccnc2C(N)=NO)c(C)c1Br. The van der Waals surface area contributed by atoms with Gasteiger partial charge in [0.15, 0.2) is 17.3 Å². The maximum atomic E-state index is 8.74. The molecule has 2 aromatic heterocycles. The number of oxime groups is 1. The highest BCUT2D eigenvalue weighted by molar-refractivity contribution is 9.10. The Hall–Kier alpha value is -1.96. The van der Waals surface area contributed by atoms with Gasteiger partial charge >= 0.3 is 0 Å². The van der Waals surface area contributed by atoms with Crippen molar-refractivity contribution in [3.63, 3.8) is 0 Å². The monoisotopic (exact) mass is 310 g/mol. The number of hydrogen-bond acceptors (Lipinski definition) is 5. The van der Waals surface area contributed by atoms with Crippen molar-refractivity contribution in [2.24, 2.45) is 10.9 Å². The molecule has 2 aromatic rings. The van der Waals surface area contributed by atoms with E-state index in [2.05, 4.69) is 36.2 Å². The third-order valence-electron chi connectivity index (χ3n) is 2.43. The molecule has 2 heterocycles. The lowest BCUT2D eigenvalue weighted by Crippen LogP contribution is -2.20. The van der Waals surface area contributed by atoms with Crippen LogP contribution in [0.1, 0.15) is 17.1 Å². The number of rotatable bonds is 2. The first-order chi connectivity index (χ1) is 8.56. The Morgan fingerprint density at radius 3 is 2.61 bits per heavy atom. The second kappa shape index (κ2) is 4.73. The van der Waals surface area contributed by atoms with Crippen molar-refractivity contribution in [1.29, 1.82) is 0 Å². The average molecular weight is 311 g/mol. The van der Waals surface area contributed by atoms with Crippen molar-refractivity contribution in [3.05, 3.63) is 33.9 Å². The normalized spacial score (nSPS) is 11.8. The van der Waals surface area contributed by atoms with Crippen LogP contribution in [-0.4, -0.2) is 30.8 Å². The first-order valence-electron chi connectivity index (χ1n) is 5.07. The van der Waals surface area contributed by atoms with Crippen LogP contribution in [0.3, 0.4) is 0 Å². The molecule has 18 heavy (non-hydrogen) atoms. The predicted molar refractivity (Wildman–Crippen MR) is 68.8 cm³/mol. The summed E-state index contributed by atoms with van der Waals surface area (Å²) in [7, 11) is 0. The molecule has 0 atom stereocenters. The van der Waals surface area contributed by atoms with E-state index in [9.17, 15) is 0 Å². The zero-order chi connectivity index (χ0) is 13.3. The van der Waals surface area contributed by atoms with E-state index in [1.54, 1.807) is 4.68 Å². The Balaban J connectivity index is 2.68. The molecular formula is C10H11BrN6O. The van der Waals surface area contributed by atoms with Gasteiger partial charge in [-0.2, -0.15) is 5.10 Å². The van der Waals surface area contributed by atoms with Crippen molar-refractivity contribution in [3.8, 4) is 5.82 Å².